The molecule has 660 valence electrons. The van der Waals surface area contributed by atoms with Gasteiger partial charge < -0.3 is 30.6 Å². The predicted molar refractivity (Wildman–Crippen MR) is 503 cm³/mol. The molecule has 0 bridgehead atoms. The van der Waals surface area contributed by atoms with Crippen molar-refractivity contribution < 1.29 is 156 Å². The van der Waals surface area contributed by atoms with Crippen molar-refractivity contribution in [2.24, 2.45) is 30.0 Å². The molecule has 0 amide bonds. The molecule has 0 unspecified atom stereocenters. The van der Waals surface area contributed by atoms with Gasteiger partial charge in [-0.05, 0) is 274 Å². The van der Waals surface area contributed by atoms with Crippen molar-refractivity contribution in [2.45, 2.75) is 312 Å². The van der Waals surface area contributed by atoms with Crippen LogP contribution < -0.4 is 0 Å². The fourth-order valence-electron chi connectivity index (χ4n) is 12.8. The van der Waals surface area contributed by atoms with Crippen molar-refractivity contribution in [3.05, 3.63) is 173 Å². The van der Waals surface area contributed by atoms with Gasteiger partial charge in [-0.15, -0.1) is 0 Å². The molecule has 12 nitrogen and oxygen atoms in total. The van der Waals surface area contributed by atoms with Crippen LogP contribution in [0.5, 0.6) is 34.5 Å². The fraction of sp³-hybridized carbons (Fsp3) is 0.533. The van der Waals surface area contributed by atoms with Gasteiger partial charge in [-0.1, -0.05) is 124 Å². The Morgan fingerprint density at radius 2 is 0.408 bits per heavy atom. The molecule has 0 saturated heterocycles. The molecule has 6 aromatic rings. The molecule has 6 N–H and O–H groups in total. The number of aryl methyl sites for hydroxylation is 9. The summed E-state index contributed by atoms with van der Waals surface area (Å²) >= 11 is -4.95. The van der Waals surface area contributed by atoms with E-state index in [0.717, 1.165) is 91.6 Å². The van der Waals surface area contributed by atoms with E-state index in [0.29, 0.717) is 70.7 Å². The zero-order valence-electron chi connectivity index (χ0n) is 73.1. The Hall–Kier alpha value is 0.919. The SMILES string of the molecule is CCC(C)(C)c1cc(C)cc(C=NC2CC2)c1O.CCC(C)(C)c1cc(C)cc(C=NC2CCC2)c1O.CCC(C)(C)c1cc(C)cc(C=NC2CCCC2)c1O.Cc1cc(C)c(O)c(C=NC2CC2)c1.Cc1cc(C)c(O)c(C=NC2CCC2)c1.Cc1cc(C)c(O)c(C=NC2CCCC2)c1.[Cl][Zr][Cl].[Cl][Zr][Cl].[Cl][Zr][Cl].[Cl][Zr][Cl].[Cl][Zr][Cl].[Cl][Zr][Cl]. The maximum atomic E-state index is 10.6. The van der Waals surface area contributed by atoms with E-state index in [1.165, 1.54) is 143 Å². The Balaban J connectivity index is 0.000000693. The molecule has 6 aliphatic carbocycles. The Morgan fingerprint density at radius 3 is 0.558 bits per heavy atom. The first-order valence-corrected chi connectivity index (χ1v) is 78.7. The van der Waals surface area contributed by atoms with Gasteiger partial charge >= 0.3 is 227 Å². The topological polar surface area (TPSA) is 196 Å². The number of halogens is 12. The number of rotatable bonds is 18. The van der Waals surface area contributed by atoms with Crippen LogP contribution in [-0.2, 0) is 141 Å². The van der Waals surface area contributed by atoms with Crippen LogP contribution in [0.3, 0.4) is 0 Å². The first-order chi connectivity index (χ1) is 56.8. The van der Waals surface area contributed by atoms with Crippen molar-refractivity contribution in [2.75, 3.05) is 0 Å². The molecule has 0 atom stereocenters. The third-order valence-electron chi connectivity index (χ3n) is 21.6. The average molecular weight is 2360 g/mol. The van der Waals surface area contributed by atoms with E-state index in [4.69, 9.17) is 102 Å². The van der Waals surface area contributed by atoms with Crippen molar-refractivity contribution in [3.63, 3.8) is 0 Å². The molecular weight excluding hydrogens is 2230 g/mol. The third kappa shape index (κ3) is 47.8. The maximum absolute atomic E-state index is 10.6. The van der Waals surface area contributed by atoms with Gasteiger partial charge in [-0.3, -0.25) is 30.0 Å². The van der Waals surface area contributed by atoms with Crippen LogP contribution in [0.15, 0.2) is 103 Å². The first-order valence-electron chi connectivity index (χ1n) is 40.7. The van der Waals surface area contributed by atoms with E-state index in [-0.39, 0.29) is 16.2 Å². The number of phenols is 6. The number of phenolic OH excluding ortho intramolecular Hbond substituents is 6. The number of nitrogens with zero attached hydrogens (tertiary/aromatic N) is 6. The quantitative estimate of drug-likeness (QED) is 0.0463. The van der Waals surface area contributed by atoms with Crippen LogP contribution in [0.4, 0.5) is 0 Å². The van der Waals surface area contributed by atoms with E-state index < -0.39 is 125 Å². The molecule has 6 aromatic carbocycles. The summed E-state index contributed by atoms with van der Waals surface area (Å²) in [5, 5.41) is 61.0. The summed E-state index contributed by atoms with van der Waals surface area (Å²) in [6, 6.07) is 27.1. The molecule has 0 aromatic heterocycles. The number of aromatic hydroxyl groups is 6. The molecule has 12 rings (SSSR count). The Morgan fingerprint density at radius 1 is 0.258 bits per heavy atom. The molecule has 30 heteroatoms. The van der Waals surface area contributed by atoms with Crippen molar-refractivity contribution in [3.8, 4) is 34.5 Å². The van der Waals surface area contributed by atoms with E-state index in [2.05, 4.69) is 131 Å². The third-order valence-corrected chi connectivity index (χ3v) is 21.6. The fourth-order valence-corrected chi connectivity index (χ4v) is 12.8. The molecule has 6 aliphatic rings. The van der Waals surface area contributed by atoms with Crippen LogP contribution in [-0.4, -0.2) is 104 Å². The second-order valence-corrected chi connectivity index (χ2v) is 55.0. The van der Waals surface area contributed by atoms with Gasteiger partial charge in [0.05, 0.1) is 12.1 Å². The van der Waals surface area contributed by atoms with E-state index >= 15 is 0 Å². The summed E-state index contributed by atoms with van der Waals surface area (Å²) < 4.78 is 0. The van der Waals surface area contributed by atoms with Crippen molar-refractivity contribution in [1.29, 1.82) is 0 Å². The van der Waals surface area contributed by atoms with E-state index in [1.54, 1.807) is 6.21 Å². The second kappa shape index (κ2) is 66.3. The van der Waals surface area contributed by atoms with Crippen LogP contribution in [0, 0.1) is 62.3 Å². The van der Waals surface area contributed by atoms with Gasteiger partial charge in [-0.25, -0.2) is 0 Å². The molecular formula is C90H126Cl12N6O6Zr6. The van der Waals surface area contributed by atoms with Crippen LogP contribution in [0.25, 0.3) is 0 Å². The van der Waals surface area contributed by atoms with Crippen molar-refractivity contribution in [1.82, 2.24) is 0 Å². The van der Waals surface area contributed by atoms with Crippen LogP contribution >= 0.6 is 102 Å². The molecule has 120 heavy (non-hydrogen) atoms. The standard InChI is InChI=1S/C18H27NO.C17H25NO.C16H23NO.C14H19NO.C13H17NO.C12H15NO.12ClH.6Zr/c1-5-18(3,4)16-11-13(2)10-14(17(16)20)12-19-15-8-6-7-9-15;1-5-17(3,4)15-10-12(2)9-13(16(15)19)11-18-14-7-6-8-14;1-5-16(3,4)14-9-11(2)8-12(15(14)18)10-17-13-6-7-13;1-10-7-11(2)14(16)12(8-10)9-15-13-5-3-4-6-13;1-9-6-10(2)13(15)11(7-9)8-14-12-4-3-5-12;1-8-5-9(2)12(14)10(6-8)7-13-11-3-4-11;;;;;;;;;;;;;;;;;;/h10-12,15,20H,5-9H2,1-4H3;9-11,14,19H,5-8H2,1-4H3;8-10,13,18H,5-7H2,1-4H3;7-9,13,16H,3-6H2,1-2H3;6-8,12,15H,3-5H2,1-2H3;5-7,11,14H,3-4H2,1-2H3;12*1H;;;;;;/q;;;;;;;;;;;;;;;;;;6*+2/p-12. The molecule has 0 spiro atoms. The summed E-state index contributed by atoms with van der Waals surface area (Å²) in [6.45, 7) is 37.6. The Labute approximate surface area is 832 Å². The van der Waals surface area contributed by atoms with Gasteiger partial charge in [0, 0.05) is 112 Å². The number of aliphatic imine (C=N–C) groups is 6. The summed E-state index contributed by atoms with van der Waals surface area (Å²) in [6.07, 6.45) is 36.1. The van der Waals surface area contributed by atoms with E-state index in [1.807, 2.05) is 127 Å². The normalized spacial score (nSPS) is 15.1. The average Bonchev–Trinajstić information content (AvgIpc) is 1.14. The molecule has 0 aliphatic heterocycles. The van der Waals surface area contributed by atoms with Gasteiger partial charge in [-0.2, -0.15) is 0 Å². The zero-order chi connectivity index (χ0) is 90.9. The monoisotopic (exact) mass is 2350 g/mol. The summed E-state index contributed by atoms with van der Waals surface area (Å²) in [4.78, 5) is 27.1. The predicted octanol–water partition coefficient (Wildman–Crippen LogP) is 30.3. The first kappa shape index (κ1) is 119. The molecule has 0 heterocycles. The van der Waals surface area contributed by atoms with Gasteiger partial charge in [0.1, 0.15) is 34.5 Å². The minimum atomic E-state index is -0.826. The minimum absolute atomic E-state index is 0.00171. The van der Waals surface area contributed by atoms with Gasteiger partial charge in [0.15, 0.2) is 0 Å². The van der Waals surface area contributed by atoms with Gasteiger partial charge in [0.25, 0.3) is 0 Å². The molecule has 0 radical (unpaired) electrons. The van der Waals surface area contributed by atoms with Gasteiger partial charge in [0.2, 0.25) is 0 Å². The van der Waals surface area contributed by atoms with Crippen LogP contribution in [0.2, 0.25) is 0 Å². The number of hydrogen-bond acceptors (Lipinski definition) is 12. The Bertz CT molecular complexity index is 4120. The number of benzene rings is 6. The second-order valence-electron chi connectivity index (χ2n) is 32.6. The van der Waals surface area contributed by atoms with Crippen molar-refractivity contribution >= 4 is 139 Å². The summed E-state index contributed by atoms with van der Waals surface area (Å²) in [5.74, 6) is 2.30. The molecule has 6 saturated carbocycles. The summed E-state index contributed by atoms with van der Waals surface area (Å²) in [7, 11) is 59.2. The molecule has 6 fully saturated rings. The number of hydrogen-bond donors (Lipinski definition) is 6. The van der Waals surface area contributed by atoms with Crippen LogP contribution in [0.1, 0.15) is 297 Å². The summed E-state index contributed by atoms with van der Waals surface area (Å²) in [5.41, 5.74) is 18.0. The Kier molecular flexibility index (Phi) is 65.7. The van der Waals surface area contributed by atoms with E-state index in [9.17, 15) is 30.6 Å². The zero-order valence-corrected chi connectivity index (χ0v) is 96.9.